The average Bonchev–Trinajstić information content (AvgIpc) is 3.47. The third kappa shape index (κ3) is 3.15. The Bertz CT molecular complexity index is 1360. The fourth-order valence-electron chi connectivity index (χ4n) is 4.30. The zero-order chi connectivity index (χ0) is 22.2. The Hall–Kier alpha value is -4.25. The highest BCUT2D eigenvalue weighted by Crippen LogP contribution is 2.41. The number of hydrogen-bond acceptors (Lipinski definition) is 6. The lowest BCUT2D eigenvalue weighted by atomic mass is 9.98. The Labute approximate surface area is 185 Å². The molecule has 8 heteroatoms. The van der Waals surface area contributed by atoms with Crippen LogP contribution >= 0.6 is 0 Å². The van der Waals surface area contributed by atoms with Crippen LogP contribution in [0.25, 0.3) is 33.4 Å². The van der Waals surface area contributed by atoms with Gasteiger partial charge in [-0.1, -0.05) is 12.1 Å². The number of rotatable bonds is 3. The molecular formula is C24H21N7O. The van der Waals surface area contributed by atoms with E-state index in [1.165, 1.54) is 6.33 Å². The van der Waals surface area contributed by atoms with Crippen molar-refractivity contribution in [1.29, 1.82) is 0 Å². The number of nitrogens with two attached hydrogens (primary N) is 1. The topological polar surface area (TPSA) is 103 Å². The molecule has 1 fully saturated rings. The first-order valence-electron chi connectivity index (χ1n) is 10.4. The fourth-order valence-corrected chi connectivity index (χ4v) is 4.30. The summed E-state index contributed by atoms with van der Waals surface area (Å²) in [5.74, 6) is 3.20. The van der Waals surface area contributed by atoms with Gasteiger partial charge in [0.1, 0.15) is 17.8 Å². The Morgan fingerprint density at radius 1 is 1.03 bits per heavy atom. The molecule has 8 nitrogen and oxygen atoms in total. The summed E-state index contributed by atoms with van der Waals surface area (Å²) in [6.07, 6.45) is 12.3. The average molecular weight is 423 g/mol. The lowest BCUT2D eigenvalue weighted by Gasteiger charge is -2.15. The van der Waals surface area contributed by atoms with Crippen LogP contribution in [0.2, 0.25) is 0 Å². The molecule has 0 aliphatic carbocycles. The third-order valence-electron chi connectivity index (χ3n) is 5.86. The minimum absolute atomic E-state index is 0.0633. The van der Waals surface area contributed by atoms with E-state index in [2.05, 4.69) is 25.9 Å². The number of terminal acetylenes is 1. The highest BCUT2D eigenvalue weighted by Gasteiger charge is 2.23. The SMILES string of the molecule is C#Cc1ncc(-c2c(-c3ccc(C(=O)N4CCCC4)cc3)c3c(N)ncnc3n2C)cn1. The number of carbonyl (C=O) groups excluding carboxylic acids is 1. The minimum Gasteiger partial charge on any atom is -0.383 e. The van der Waals surface area contributed by atoms with Gasteiger partial charge in [-0.15, -0.1) is 6.42 Å². The van der Waals surface area contributed by atoms with Gasteiger partial charge in [0.15, 0.2) is 0 Å². The number of hydrogen-bond donors (Lipinski definition) is 1. The van der Waals surface area contributed by atoms with Crippen LogP contribution < -0.4 is 5.73 Å². The second-order valence-electron chi connectivity index (χ2n) is 7.76. The van der Waals surface area contributed by atoms with E-state index < -0.39 is 0 Å². The molecule has 0 atom stereocenters. The first-order valence-corrected chi connectivity index (χ1v) is 10.4. The lowest BCUT2D eigenvalue weighted by molar-refractivity contribution is 0.0793. The number of nitrogen functional groups attached to an aromatic ring is 1. The first-order chi connectivity index (χ1) is 15.6. The van der Waals surface area contributed by atoms with Gasteiger partial charge in [0.05, 0.1) is 11.1 Å². The van der Waals surface area contributed by atoms with Crippen LogP contribution in [-0.4, -0.2) is 48.4 Å². The molecule has 2 N–H and O–H groups in total. The summed E-state index contributed by atoms with van der Waals surface area (Å²) in [4.78, 5) is 31.8. The molecule has 3 aromatic heterocycles. The number of amides is 1. The number of benzene rings is 1. The molecule has 1 saturated heterocycles. The highest BCUT2D eigenvalue weighted by molar-refractivity contribution is 6.08. The standard InChI is InChI=1S/C24H21N7O/c1-3-18-26-12-17(13-27-18)21-19(20-22(25)28-14-29-23(20)30(21)2)15-6-8-16(9-7-15)24(32)31-10-4-5-11-31/h1,6-9,12-14H,4-5,10-11H2,2H3,(H2,25,28,29). The molecule has 4 aromatic rings. The molecular weight excluding hydrogens is 402 g/mol. The second-order valence-corrected chi connectivity index (χ2v) is 7.76. The van der Waals surface area contributed by atoms with E-state index in [1.54, 1.807) is 12.4 Å². The van der Waals surface area contributed by atoms with Gasteiger partial charge in [0, 0.05) is 49.2 Å². The smallest absolute Gasteiger partial charge is 0.253 e. The Kier molecular flexibility index (Phi) is 4.79. The maximum atomic E-state index is 12.8. The molecule has 32 heavy (non-hydrogen) atoms. The van der Waals surface area contributed by atoms with Gasteiger partial charge in [0.25, 0.3) is 5.91 Å². The molecule has 1 amide bonds. The van der Waals surface area contributed by atoms with Crippen LogP contribution in [0.4, 0.5) is 5.82 Å². The monoisotopic (exact) mass is 423 g/mol. The zero-order valence-corrected chi connectivity index (χ0v) is 17.6. The number of likely N-dealkylation sites (tertiary alicyclic amines) is 1. The summed E-state index contributed by atoms with van der Waals surface area (Å²) in [5.41, 5.74) is 11.0. The van der Waals surface area contributed by atoms with Crippen molar-refractivity contribution in [1.82, 2.24) is 29.4 Å². The van der Waals surface area contributed by atoms with Crippen molar-refractivity contribution in [2.75, 3.05) is 18.8 Å². The van der Waals surface area contributed by atoms with Gasteiger partial charge < -0.3 is 15.2 Å². The molecule has 0 spiro atoms. The second kappa shape index (κ2) is 7.78. The minimum atomic E-state index is 0.0633. The van der Waals surface area contributed by atoms with Crippen molar-refractivity contribution in [2.45, 2.75) is 12.8 Å². The van der Waals surface area contributed by atoms with Crippen molar-refractivity contribution >= 4 is 22.8 Å². The molecule has 0 saturated carbocycles. The number of aryl methyl sites for hydroxylation is 1. The van der Waals surface area contributed by atoms with E-state index >= 15 is 0 Å². The van der Waals surface area contributed by atoms with Crippen LogP contribution in [0.3, 0.4) is 0 Å². The Morgan fingerprint density at radius 2 is 1.72 bits per heavy atom. The Balaban J connectivity index is 1.67. The summed E-state index contributed by atoms with van der Waals surface area (Å²) >= 11 is 0. The molecule has 5 rings (SSSR count). The zero-order valence-electron chi connectivity index (χ0n) is 17.6. The van der Waals surface area contributed by atoms with E-state index in [9.17, 15) is 4.79 Å². The maximum Gasteiger partial charge on any atom is 0.253 e. The van der Waals surface area contributed by atoms with Crippen molar-refractivity contribution in [3.63, 3.8) is 0 Å². The van der Waals surface area contributed by atoms with Gasteiger partial charge in [0.2, 0.25) is 5.82 Å². The quantitative estimate of drug-likeness (QED) is 0.508. The van der Waals surface area contributed by atoms with E-state index in [4.69, 9.17) is 12.2 Å². The normalized spacial score (nSPS) is 13.4. The van der Waals surface area contributed by atoms with Crippen LogP contribution in [0.5, 0.6) is 0 Å². The van der Waals surface area contributed by atoms with Crippen molar-refractivity contribution in [3.8, 4) is 34.7 Å². The van der Waals surface area contributed by atoms with Crippen LogP contribution in [-0.2, 0) is 7.05 Å². The van der Waals surface area contributed by atoms with Crippen molar-refractivity contribution < 1.29 is 4.79 Å². The van der Waals surface area contributed by atoms with E-state index in [0.29, 0.717) is 22.9 Å². The predicted octanol–water partition coefficient (Wildman–Crippen LogP) is 2.89. The molecule has 0 unspecified atom stereocenters. The summed E-state index contributed by atoms with van der Waals surface area (Å²) in [7, 11) is 1.91. The first kappa shape index (κ1) is 19.7. The summed E-state index contributed by atoms with van der Waals surface area (Å²) < 4.78 is 1.94. The van der Waals surface area contributed by atoms with Crippen molar-refractivity contribution in [2.24, 2.45) is 7.05 Å². The number of carbonyl (C=O) groups is 1. The molecule has 158 valence electrons. The van der Waals surface area contributed by atoms with Crippen LogP contribution in [0, 0.1) is 12.3 Å². The fraction of sp³-hybridized carbons (Fsp3) is 0.208. The van der Waals surface area contributed by atoms with Gasteiger partial charge in [-0.25, -0.2) is 19.9 Å². The predicted molar refractivity (Wildman–Crippen MR) is 122 cm³/mol. The molecule has 4 heterocycles. The molecule has 1 aliphatic rings. The highest BCUT2D eigenvalue weighted by atomic mass is 16.2. The largest absolute Gasteiger partial charge is 0.383 e. The van der Waals surface area contributed by atoms with E-state index in [0.717, 1.165) is 53.7 Å². The van der Waals surface area contributed by atoms with E-state index in [1.807, 2.05) is 40.8 Å². The third-order valence-corrected chi connectivity index (χ3v) is 5.86. The Morgan fingerprint density at radius 3 is 2.38 bits per heavy atom. The number of aromatic nitrogens is 5. The summed E-state index contributed by atoms with van der Waals surface area (Å²) in [6.45, 7) is 1.63. The summed E-state index contributed by atoms with van der Waals surface area (Å²) in [5, 5.41) is 0.740. The summed E-state index contributed by atoms with van der Waals surface area (Å²) in [6, 6.07) is 7.59. The molecule has 0 bridgehead atoms. The van der Waals surface area contributed by atoms with Crippen molar-refractivity contribution in [3.05, 3.63) is 54.4 Å². The molecule has 1 aromatic carbocycles. The maximum absolute atomic E-state index is 12.8. The van der Waals surface area contributed by atoms with Crippen LogP contribution in [0.15, 0.2) is 43.0 Å². The molecule has 1 aliphatic heterocycles. The van der Waals surface area contributed by atoms with Gasteiger partial charge >= 0.3 is 0 Å². The number of anilines is 1. The molecule has 0 radical (unpaired) electrons. The lowest BCUT2D eigenvalue weighted by Crippen LogP contribution is -2.27. The van der Waals surface area contributed by atoms with Gasteiger partial charge in [-0.3, -0.25) is 4.79 Å². The van der Waals surface area contributed by atoms with Gasteiger partial charge in [-0.2, -0.15) is 0 Å². The number of nitrogens with zero attached hydrogens (tertiary/aromatic N) is 6. The van der Waals surface area contributed by atoms with Gasteiger partial charge in [-0.05, 0) is 36.5 Å². The van der Waals surface area contributed by atoms with E-state index in [-0.39, 0.29) is 5.91 Å². The number of fused-ring (bicyclic) bond motifs is 1. The van der Waals surface area contributed by atoms with Crippen LogP contribution in [0.1, 0.15) is 29.0 Å².